The second kappa shape index (κ2) is 21.4. The van der Waals surface area contributed by atoms with Gasteiger partial charge in [-0.2, -0.15) is 0 Å². The molecule has 1 amide bonds. The van der Waals surface area contributed by atoms with Crippen molar-refractivity contribution in [1.82, 2.24) is 4.90 Å². The van der Waals surface area contributed by atoms with Gasteiger partial charge in [0.25, 0.3) is 11.7 Å². The topological polar surface area (TPSA) is 231 Å². The van der Waals surface area contributed by atoms with Crippen LogP contribution in [0.15, 0.2) is 24.3 Å². The zero-order chi connectivity index (χ0) is 48.5. The molecule has 0 aromatic rings. The molecule has 5 fully saturated rings. The van der Waals surface area contributed by atoms with Crippen LogP contribution in [0.5, 0.6) is 0 Å². The Labute approximate surface area is 390 Å². The number of methoxy groups -OCH3 is 2. The smallest absolute Gasteiger partial charge is 0.329 e. The summed E-state index contributed by atoms with van der Waals surface area (Å²) in [4.78, 5) is 72.1. The first-order valence-electron chi connectivity index (χ1n) is 24.4. The lowest BCUT2D eigenvalue weighted by atomic mass is 9.78. The molecule has 16 heteroatoms. The van der Waals surface area contributed by atoms with E-state index in [4.69, 9.17) is 28.4 Å². The highest BCUT2D eigenvalue weighted by atomic mass is 16.6. The fraction of sp³-hybridized carbons (Fsp3) is 0.820. The van der Waals surface area contributed by atoms with E-state index >= 15 is 0 Å². The number of fused-ring (bicyclic) bond motifs is 5. The summed E-state index contributed by atoms with van der Waals surface area (Å²) in [6, 6.07) is -1.18. The summed E-state index contributed by atoms with van der Waals surface area (Å²) in [7, 11) is 2.92. The number of amides is 1. The molecule has 2 bridgehead atoms. The van der Waals surface area contributed by atoms with E-state index in [2.05, 4.69) is 0 Å². The minimum atomic E-state index is -2.51. The molecule has 1 aliphatic carbocycles. The van der Waals surface area contributed by atoms with Crippen LogP contribution in [0, 0.1) is 35.5 Å². The predicted molar refractivity (Wildman–Crippen MR) is 239 cm³/mol. The molecule has 4 saturated heterocycles. The van der Waals surface area contributed by atoms with E-state index in [-0.39, 0.29) is 61.2 Å². The fourth-order valence-electron chi connectivity index (χ4n) is 11.1. The van der Waals surface area contributed by atoms with Crippen molar-refractivity contribution in [1.29, 1.82) is 0 Å². The number of piperidine rings is 1. The Morgan fingerprint density at radius 1 is 0.833 bits per heavy atom. The predicted octanol–water partition coefficient (Wildman–Crippen LogP) is 3.95. The minimum Gasteiger partial charge on any atom is -0.460 e. The molecule has 1 saturated carbocycles. The standard InChI is InChI=1S/C50H77NO15/c1-27-14-10-11-16-40-48(6,65-40)39(54)25-33-19-17-30(4)50(60,64-33)44(57)46(58)51-21-13-12-15-34(51)47(59)63-37(28(2)23-32-18-20-35(52)38(24-32)61-8)26-36(53)31(5)45-49(7,66-45)43(56)42(62-9)41(55)29(3)22-27/h10-11,14,16,27-35,37-40,42-43,45,52,54,56,60H,12-13,15,17-26H2,1-9H3/b14-10+,16-11+/t27-,28-,29-,30-,31+,32+,33+,34+,35-,37+,38-,39+,40?,42+,43+,45?,48?,49?,50-/m1/s1. The molecule has 66 heavy (non-hydrogen) atoms. The SMILES string of the molecule is CO[C@@H]1C[C@H](C[C@@H](C)[C@@H]2CC(=O)[C@H](C)C3OC3(C)[C@@H](O)[C@@H](OC)C(=O)[C@H](C)C[C@H](C)/C=C/C=C/C3OC3(C)[C@@H](O)C[C@@H]3CC[C@@H](C)[C@@](O)(O3)C(=O)C(=O)N3CCCC[C@H]3C(=O)O2)CC[C@H]1O. The third-order valence-electron chi connectivity index (χ3n) is 16.0. The van der Waals surface area contributed by atoms with E-state index in [1.54, 1.807) is 41.7 Å². The van der Waals surface area contributed by atoms with E-state index in [1.165, 1.54) is 7.11 Å². The molecule has 0 spiro atoms. The lowest BCUT2D eigenvalue weighted by Crippen LogP contribution is -2.61. The van der Waals surface area contributed by atoms with Crippen LogP contribution in [0.1, 0.15) is 126 Å². The number of aliphatic hydroxyl groups is 4. The Hall–Kier alpha value is -2.93. The van der Waals surface area contributed by atoms with E-state index in [9.17, 15) is 44.4 Å². The molecule has 6 rings (SSSR count). The first kappa shape index (κ1) is 52.4. The van der Waals surface area contributed by atoms with Crippen molar-refractivity contribution in [2.24, 2.45) is 35.5 Å². The minimum absolute atomic E-state index is 0.0302. The van der Waals surface area contributed by atoms with Crippen LogP contribution in [0.2, 0.25) is 0 Å². The molecule has 0 aromatic carbocycles. The number of ketones is 3. The number of rotatable bonds is 5. The second-order valence-corrected chi connectivity index (χ2v) is 21.0. The molecule has 16 nitrogen and oxygen atoms in total. The van der Waals surface area contributed by atoms with Crippen LogP contribution in [-0.4, -0.2) is 153 Å². The van der Waals surface area contributed by atoms with Gasteiger partial charge in [0, 0.05) is 51.4 Å². The fourth-order valence-corrected chi connectivity index (χ4v) is 11.1. The average molecular weight is 932 g/mol. The Morgan fingerprint density at radius 3 is 2.24 bits per heavy atom. The van der Waals surface area contributed by atoms with Gasteiger partial charge >= 0.3 is 5.97 Å². The van der Waals surface area contributed by atoms with Gasteiger partial charge < -0.3 is 53.7 Å². The number of cyclic esters (lactones) is 1. The number of hydrogen-bond donors (Lipinski definition) is 4. The molecular formula is C50H77NO15. The molecule has 4 unspecified atom stereocenters. The van der Waals surface area contributed by atoms with Crippen molar-refractivity contribution >= 4 is 29.2 Å². The van der Waals surface area contributed by atoms with Gasteiger partial charge in [-0.1, -0.05) is 58.9 Å². The Bertz CT molecular complexity index is 1820. The zero-order valence-corrected chi connectivity index (χ0v) is 40.5. The van der Waals surface area contributed by atoms with Gasteiger partial charge in [0.05, 0.1) is 30.5 Å². The van der Waals surface area contributed by atoms with Crippen molar-refractivity contribution in [2.75, 3.05) is 20.8 Å². The molecule has 0 radical (unpaired) electrons. The maximum absolute atomic E-state index is 14.4. The van der Waals surface area contributed by atoms with Crippen LogP contribution in [-0.2, 0) is 52.4 Å². The summed E-state index contributed by atoms with van der Waals surface area (Å²) < 4.78 is 35.5. The summed E-state index contributed by atoms with van der Waals surface area (Å²) in [5.41, 5.74) is -2.24. The number of ether oxygens (including phenoxy) is 6. The third kappa shape index (κ3) is 11.2. The van der Waals surface area contributed by atoms with Crippen molar-refractivity contribution < 1.29 is 72.8 Å². The molecule has 372 valence electrons. The Morgan fingerprint density at radius 2 is 1.55 bits per heavy atom. The quantitative estimate of drug-likeness (QED) is 0.174. The van der Waals surface area contributed by atoms with Gasteiger partial charge in [0.2, 0.25) is 5.79 Å². The average Bonchev–Trinajstić information content (AvgIpc) is 4.19. The highest BCUT2D eigenvalue weighted by molar-refractivity contribution is 6.39. The number of epoxide rings is 2. The van der Waals surface area contributed by atoms with Crippen molar-refractivity contribution in [2.45, 2.75) is 203 Å². The number of hydrogen-bond acceptors (Lipinski definition) is 15. The van der Waals surface area contributed by atoms with Crippen molar-refractivity contribution in [3.63, 3.8) is 0 Å². The molecule has 5 aliphatic heterocycles. The number of aliphatic hydroxyl groups excluding tert-OH is 3. The molecule has 5 heterocycles. The van der Waals surface area contributed by atoms with Gasteiger partial charge in [-0.25, -0.2) is 4.79 Å². The van der Waals surface area contributed by atoms with Crippen LogP contribution in [0.3, 0.4) is 0 Å². The summed E-state index contributed by atoms with van der Waals surface area (Å²) in [5, 5.41) is 45.4. The highest BCUT2D eigenvalue weighted by Gasteiger charge is 2.64. The summed E-state index contributed by atoms with van der Waals surface area (Å²) >= 11 is 0. The van der Waals surface area contributed by atoms with Crippen LogP contribution < -0.4 is 0 Å². The Kier molecular flexibility index (Phi) is 17.0. The largest absolute Gasteiger partial charge is 0.460 e. The molecule has 0 aromatic heterocycles. The number of allylic oxidation sites excluding steroid dienone is 3. The van der Waals surface area contributed by atoms with Gasteiger partial charge in [-0.3, -0.25) is 19.2 Å². The summed E-state index contributed by atoms with van der Waals surface area (Å²) in [6.45, 7) is 12.4. The van der Waals surface area contributed by atoms with Crippen molar-refractivity contribution in [3.8, 4) is 0 Å². The molecule has 4 N–H and O–H groups in total. The maximum Gasteiger partial charge on any atom is 0.329 e. The van der Waals surface area contributed by atoms with E-state index < -0.39 is 107 Å². The molecular weight excluding hydrogens is 855 g/mol. The van der Waals surface area contributed by atoms with E-state index in [0.717, 1.165) is 4.90 Å². The number of Topliss-reactive ketones (excluding diaryl/α,β-unsaturated/α-hetero) is 3. The lowest BCUT2D eigenvalue weighted by Gasteiger charge is -2.42. The van der Waals surface area contributed by atoms with Gasteiger partial charge in [-0.05, 0) is 95.8 Å². The summed E-state index contributed by atoms with van der Waals surface area (Å²) in [5.74, 6) is -8.51. The third-order valence-corrected chi connectivity index (χ3v) is 16.0. The number of esters is 1. The normalized spacial score (nSPS) is 46.3. The van der Waals surface area contributed by atoms with Gasteiger partial charge in [0.15, 0.2) is 5.78 Å². The number of carbonyl (C=O) groups is 5. The van der Waals surface area contributed by atoms with E-state index in [0.29, 0.717) is 57.8 Å². The molecule has 6 aliphatic rings. The van der Waals surface area contributed by atoms with Gasteiger partial charge in [-0.15, -0.1) is 0 Å². The monoisotopic (exact) mass is 932 g/mol. The lowest BCUT2D eigenvalue weighted by molar-refractivity contribution is -0.266. The van der Waals surface area contributed by atoms with E-state index in [1.807, 2.05) is 38.2 Å². The number of nitrogens with zero attached hydrogens (tertiary/aromatic N) is 1. The first-order valence-corrected chi connectivity index (χ1v) is 24.4. The maximum atomic E-state index is 14.4. The summed E-state index contributed by atoms with van der Waals surface area (Å²) in [6.07, 6.45) is 4.52. The van der Waals surface area contributed by atoms with Gasteiger partial charge in [0.1, 0.15) is 47.4 Å². The first-order chi connectivity index (χ1) is 31.1. The van der Waals surface area contributed by atoms with Crippen LogP contribution in [0.25, 0.3) is 0 Å². The number of carbonyl (C=O) groups excluding carboxylic acids is 5. The van der Waals surface area contributed by atoms with Crippen LogP contribution in [0.4, 0.5) is 0 Å². The Balaban J connectivity index is 1.28. The molecule has 19 atom stereocenters. The zero-order valence-electron chi connectivity index (χ0n) is 40.5. The van der Waals surface area contributed by atoms with Crippen molar-refractivity contribution in [3.05, 3.63) is 24.3 Å². The highest BCUT2D eigenvalue weighted by Crippen LogP contribution is 2.47. The second-order valence-electron chi connectivity index (χ2n) is 21.0. The van der Waals surface area contributed by atoms with Crippen LogP contribution >= 0.6 is 0 Å².